The molecule has 31 heavy (non-hydrogen) atoms. The molecule has 166 valence electrons. The second-order valence-corrected chi connectivity index (χ2v) is 7.68. The van der Waals surface area contributed by atoms with Crippen LogP contribution >= 0.6 is 0 Å². The summed E-state index contributed by atoms with van der Waals surface area (Å²) in [6.07, 6.45) is -7.80. The number of carbonyl (C=O) groups excluding carboxylic acids is 1. The topological polar surface area (TPSA) is 146 Å². The van der Waals surface area contributed by atoms with E-state index >= 15 is 0 Å². The van der Waals surface area contributed by atoms with E-state index in [0.29, 0.717) is 0 Å². The van der Waals surface area contributed by atoms with Crippen molar-refractivity contribution in [3.05, 3.63) is 53.1 Å². The Morgan fingerprint density at radius 2 is 1.81 bits per heavy atom. The molecule has 0 saturated carbocycles. The predicted octanol–water partition coefficient (Wildman–Crippen LogP) is 0.586. The summed E-state index contributed by atoms with van der Waals surface area (Å²) in [6.45, 7) is 0.918. The zero-order valence-electron chi connectivity index (χ0n) is 16.7. The Balaban J connectivity index is 1.65. The summed E-state index contributed by atoms with van der Waals surface area (Å²) in [5.74, 6) is -0.418. The van der Waals surface area contributed by atoms with Crippen LogP contribution in [-0.4, -0.2) is 68.6 Å². The molecule has 5 N–H and O–H groups in total. The van der Waals surface area contributed by atoms with Gasteiger partial charge >= 0.3 is 0 Å². The molecule has 2 aliphatic rings. The van der Waals surface area contributed by atoms with Crippen LogP contribution in [0.2, 0.25) is 0 Å². The maximum atomic E-state index is 12.7. The summed E-state index contributed by atoms with van der Waals surface area (Å²) in [6, 6.07) is 10.6. The molecule has 0 aromatic heterocycles. The van der Waals surface area contributed by atoms with Gasteiger partial charge in [-0.25, -0.2) is 0 Å². The number of ether oxygens (including phenoxy) is 3. The van der Waals surface area contributed by atoms with E-state index in [0.717, 1.165) is 5.56 Å². The number of fused-ring (bicyclic) bond motifs is 1. The minimum absolute atomic E-state index is 0.0471. The largest absolute Gasteiger partial charge is 0.507 e. The van der Waals surface area contributed by atoms with E-state index in [1.54, 1.807) is 0 Å². The van der Waals surface area contributed by atoms with E-state index in [9.17, 15) is 30.3 Å². The van der Waals surface area contributed by atoms with E-state index in [-0.39, 0.29) is 40.6 Å². The third-order valence-corrected chi connectivity index (χ3v) is 5.65. The molecular formula is C22H24O9. The number of carbonyl (C=O) groups is 1. The van der Waals surface area contributed by atoms with Crippen molar-refractivity contribution in [3.8, 4) is 17.2 Å². The average molecular weight is 432 g/mol. The molecule has 0 bridgehead atoms. The van der Waals surface area contributed by atoms with Crippen molar-refractivity contribution in [2.75, 3.05) is 6.61 Å². The normalized spacial score (nSPS) is 30.4. The van der Waals surface area contributed by atoms with E-state index < -0.39 is 43.4 Å². The highest BCUT2D eigenvalue weighted by atomic mass is 16.7. The highest BCUT2D eigenvalue weighted by molar-refractivity contribution is 6.03. The zero-order chi connectivity index (χ0) is 22.3. The van der Waals surface area contributed by atoms with Crippen LogP contribution in [0.25, 0.3) is 0 Å². The molecule has 9 nitrogen and oxygen atoms in total. The quantitative estimate of drug-likeness (QED) is 0.468. The Bertz CT molecular complexity index is 959. The van der Waals surface area contributed by atoms with Crippen LogP contribution in [0.3, 0.4) is 0 Å². The Morgan fingerprint density at radius 3 is 2.48 bits per heavy atom. The number of hydrogen-bond acceptors (Lipinski definition) is 9. The molecule has 2 heterocycles. The lowest BCUT2D eigenvalue weighted by Crippen LogP contribution is -2.60. The first-order chi connectivity index (χ1) is 14.8. The second kappa shape index (κ2) is 8.45. The van der Waals surface area contributed by atoms with Crippen molar-refractivity contribution < 1.29 is 44.5 Å². The minimum atomic E-state index is -1.62. The van der Waals surface area contributed by atoms with Gasteiger partial charge in [-0.05, 0) is 12.5 Å². The number of aromatic hydroxyl groups is 1. The molecule has 4 rings (SSSR count). The second-order valence-electron chi connectivity index (χ2n) is 7.68. The average Bonchev–Trinajstić information content (AvgIpc) is 2.77. The van der Waals surface area contributed by atoms with E-state index in [2.05, 4.69) is 0 Å². The number of rotatable bonds is 4. The first-order valence-electron chi connectivity index (χ1n) is 9.90. The monoisotopic (exact) mass is 432 g/mol. The Kier molecular flexibility index (Phi) is 5.87. The zero-order valence-corrected chi connectivity index (χ0v) is 16.7. The van der Waals surface area contributed by atoms with Crippen LogP contribution in [0.5, 0.6) is 17.2 Å². The van der Waals surface area contributed by atoms with Gasteiger partial charge in [0.25, 0.3) is 0 Å². The van der Waals surface area contributed by atoms with Crippen molar-refractivity contribution in [1.29, 1.82) is 0 Å². The highest BCUT2D eigenvalue weighted by Gasteiger charge is 2.45. The van der Waals surface area contributed by atoms with Crippen molar-refractivity contribution in [1.82, 2.24) is 0 Å². The number of aliphatic hydroxyl groups is 4. The summed E-state index contributed by atoms with van der Waals surface area (Å²) < 4.78 is 17.0. The third-order valence-electron chi connectivity index (χ3n) is 5.65. The van der Waals surface area contributed by atoms with Gasteiger partial charge in [0.05, 0.1) is 13.0 Å². The SMILES string of the molecule is Cc1c(O[C@@H]2O[C@H](CO)[C@@H](O)[C@H](O)[C@H]2O)cc2c(c1O)C(=O)CC(c1ccccc1)O2. The first-order valence-corrected chi connectivity index (χ1v) is 9.90. The first kappa shape index (κ1) is 21.5. The van der Waals surface area contributed by atoms with Gasteiger partial charge in [-0.15, -0.1) is 0 Å². The van der Waals surface area contributed by atoms with Gasteiger partial charge in [-0.2, -0.15) is 0 Å². The molecule has 0 amide bonds. The number of ketones is 1. The summed E-state index contributed by atoms with van der Waals surface area (Å²) in [5, 5.41) is 50.1. The van der Waals surface area contributed by atoms with Gasteiger partial charge in [0.2, 0.25) is 6.29 Å². The van der Waals surface area contributed by atoms with Crippen molar-refractivity contribution >= 4 is 5.78 Å². The molecule has 1 saturated heterocycles. The Hall–Kier alpha value is -2.69. The summed E-state index contributed by atoms with van der Waals surface area (Å²) >= 11 is 0. The summed E-state index contributed by atoms with van der Waals surface area (Å²) in [5.41, 5.74) is 1.06. The van der Waals surface area contributed by atoms with E-state index in [4.69, 9.17) is 14.2 Å². The van der Waals surface area contributed by atoms with Crippen molar-refractivity contribution in [3.63, 3.8) is 0 Å². The van der Waals surface area contributed by atoms with E-state index in [1.807, 2.05) is 30.3 Å². The number of phenols is 1. The van der Waals surface area contributed by atoms with Gasteiger partial charge in [-0.1, -0.05) is 30.3 Å². The van der Waals surface area contributed by atoms with E-state index in [1.165, 1.54) is 13.0 Å². The minimum Gasteiger partial charge on any atom is -0.507 e. The van der Waals surface area contributed by atoms with Crippen LogP contribution < -0.4 is 9.47 Å². The lowest BCUT2D eigenvalue weighted by Gasteiger charge is -2.39. The molecule has 6 atom stereocenters. The molecule has 9 heteroatoms. The van der Waals surface area contributed by atoms with Crippen molar-refractivity contribution in [2.24, 2.45) is 0 Å². The van der Waals surface area contributed by atoms with Crippen LogP contribution in [0.15, 0.2) is 36.4 Å². The maximum Gasteiger partial charge on any atom is 0.229 e. The van der Waals surface area contributed by atoms with Crippen LogP contribution in [-0.2, 0) is 4.74 Å². The molecule has 2 aliphatic heterocycles. The Morgan fingerprint density at radius 1 is 1.10 bits per heavy atom. The molecule has 0 radical (unpaired) electrons. The number of Topliss-reactive ketones (excluding diaryl/α,β-unsaturated/α-hetero) is 1. The van der Waals surface area contributed by atoms with Gasteiger partial charge in [0.1, 0.15) is 53.3 Å². The number of benzene rings is 2. The number of phenolic OH excluding ortho intramolecular Hbond substituents is 1. The fourth-order valence-corrected chi connectivity index (χ4v) is 3.81. The third kappa shape index (κ3) is 3.86. The smallest absolute Gasteiger partial charge is 0.229 e. The van der Waals surface area contributed by atoms with Gasteiger partial charge in [-0.3, -0.25) is 4.79 Å². The van der Waals surface area contributed by atoms with Crippen LogP contribution in [0.1, 0.15) is 34.0 Å². The summed E-state index contributed by atoms with van der Waals surface area (Å²) in [7, 11) is 0. The lowest BCUT2D eigenvalue weighted by molar-refractivity contribution is -0.277. The molecule has 1 fully saturated rings. The standard InChI is InChI=1S/C22H24O9/c1-10-13(30-22-21(28)20(27)19(26)16(9-23)31-22)8-15-17(18(10)25)12(24)7-14(29-15)11-5-3-2-4-6-11/h2-6,8,14,16,19-23,25-28H,7,9H2,1H3/t14?,16-,19-,20+,21-,22-/m1/s1. The molecule has 1 unspecified atom stereocenters. The molecule has 2 aromatic rings. The van der Waals surface area contributed by atoms with Gasteiger partial charge < -0.3 is 39.7 Å². The maximum absolute atomic E-state index is 12.7. The summed E-state index contributed by atoms with van der Waals surface area (Å²) in [4.78, 5) is 12.7. The fraction of sp³-hybridized carbons (Fsp3) is 0.409. The van der Waals surface area contributed by atoms with Gasteiger partial charge in [0, 0.05) is 11.6 Å². The number of aliphatic hydroxyl groups excluding tert-OH is 4. The Labute approximate surface area is 178 Å². The molecule has 2 aromatic carbocycles. The van der Waals surface area contributed by atoms with Crippen LogP contribution in [0.4, 0.5) is 0 Å². The number of hydrogen-bond donors (Lipinski definition) is 5. The van der Waals surface area contributed by atoms with Crippen molar-refractivity contribution in [2.45, 2.75) is 50.2 Å². The molecular weight excluding hydrogens is 408 g/mol. The highest BCUT2D eigenvalue weighted by Crippen LogP contribution is 2.45. The fourth-order valence-electron chi connectivity index (χ4n) is 3.81. The lowest BCUT2D eigenvalue weighted by atomic mass is 9.94. The van der Waals surface area contributed by atoms with Gasteiger partial charge in [0.15, 0.2) is 5.78 Å². The molecule has 0 spiro atoms. The molecule has 0 aliphatic carbocycles. The van der Waals surface area contributed by atoms with Crippen LogP contribution in [0, 0.1) is 6.92 Å². The predicted molar refractivity (Wildman–Crippen MR) is 106 cm³/mol.